The van der Waals surface area contributed by atoms with Crippen molar-refractivity contribution in [2.24, 2.45) is 5.92 Å². The summed E-state index contributed by atoms with van der Waals surface area (Å²) in [6, 6.07) is 0. The number of hydrogen-bond acceptors (Lipinski definition) is 3. The average molecular weight is 496 g/mol. The van der Waals surface area contributed by atoms with Gasteiger partial charge in [0.1, 0.15) is 24.3 Å². The summed E-state index contributed by atoms with van der Waals surface area (Å²) in [7, 11) is 5.57. The monoisotopic (exact) mass is 494 g/mol. The number of hydrogen-bond donors (Lipinski definition) is 2. The standard InChI is InChI=1S/C25H45Cl2NO4/c1-5-6-7-8-10-13-16-20(26)21(27)17-14-11-9-12-15-18-22(29)24(25(31)32)23(30)19-28(2,3)4/h10,13,20-21,23-24,30H,5-9,11-12,14-19H2,1-4H3/p+1/b13-10-/t20-,21+,23+,24+/m0/s1. The van der Waals surface area contributed by atoms with Gasteiger partial charge in [0.2, 0.25) is 0 Å². The van der Waals surface area contributed by atoms with E-state index in [0.717, 1.165) is 44.9 Å². The fraction of sp³-hybridized carbons (Fsp3) is 0.840. The van der Waals surface area contributed by atoms with E-state index in [0.29, 0.717) is 10.9 Å². The summed E-state index contributed by atoms with van der Waals surface area (Å²) < 4.78 is 0.401. The number of Topliss-reactive ketones (excluding diaryl/α,β-unsaturated/α-hetero) is 1. The minimum Gasteiger partial charge on any atom is -0.481 e. The first-order chi connectivity index (χ1) is 15.0. The highest BCUT2D eigenvalue weighted by Gasteiger charge is 2.36. The first kappa shape index (κ1) is 31.4. The molecule has 0 aliphatic rings. The number of likely N-dealkylation sites (N-methyl/N-ethyl adjacent to an activating group) is 1. The molecular formula is C25H46Cl2NO4+. The Morgan fingerprint density at radius 1 is 0.906 bits per heavy atom. The molecule has 0 saturated heterocycles. The molecule has 4 atom stereocenters. The molecule has 0 heterocycles. The lowest BCUT2D eigenvalue weighted by Crippen LogP contribution is -2.47. The van der Waals surface area contributed by atoms with Crippen molar-refractivity contribution < 1.29 is 24.3 Å². The number of unbranched alkanes of at least 4 members (excludes halogenated alkanes) is 7. The molecule has 0 spiro atoms. The van der Waals surface area contributed by atoms with Gasteiger partial charge in [0, 0.05) is 6.42 Å². The number of aliphatic carboxylic acids is 1. The lowest BCUT2D eigenvalue weighted by atomic mass is 9.93. The highest BCUT2D eigenvalue weighted by Crippen LogP contribution is 2.21. The number of carbonyl (C=O) groups excluding carboxylic acids is 1. The van der Waals surface area contributed by atoms with E-state index in [1.54, 1.807) is 0 Å². The first-order valence-corrected chi connectivity index (χ1v) is 13.0. The number of aliphatic hydroxyl groups excluding tert-OH is 1. The number of carbonyl (C=O) groups is 2. The number of nitrogens with zero attached hydrogens (tertiary/aromatic N) is 1. The van der Waals surface area contributed by atoms with Gasteiger partial charge in [-0.15, -0.1) is 23.2 Å². The van der Waals surface area contributed by atoms with Crippen LogP contribution in [-0.4, -0.2) is 71.0 Å². The van der Waals surface area contributed by atoms with Crippen LogP contribution in [0.1, 0.15) is 84.0 Å². The molecular weight excluding hydrogens is 449 g/mol. The summed E-state index contributed by atoms with van der Waals surface area (Å²) in [5.74, 6) is -2.96. The van der Waals surface area contributed by atoms with Crippen molar-refractivity contribution in [2.45, 2.75) is 101 Å². The van der Waals surface area contributed by atoms with E-state index < -0.39 is 18.0 Å². The molecule has 0 amide bonds. The van der Waals surface area contributed by atoms with Crippen LogP contribution in [0, 0.1) is 5.92 Å². The van der Waals surface area contributed by atoms with Crippen LogP contribution < -0.4 is 0 Å². The van der Waals surface area contributed by atoms with Gasteiger partial charge in [-0.05, 0) is 32.1 Å². The number of carboxylic acids is 1. The van der Waals surface area contributed by atoms with Gasteiger partial charge in [-0.25, -0.2) is 0 Å². The Hall–Kier alpha value is -0.620. The molecule has 7 heteroatoms. The molecule has 2 N–H and O–H groups in total. The van der Waals surface area contributed by atoms with Crippen molar-refractivity contribution in [3.63, 3.8) is 0 Å². The fourth-order valence-electron chi connectivity index (χ4n) is 3.69. The molecule has 0 saturated carbocycles. The predicted octanol–water partition coefficient (Wildman–Crippen LogP) is 5.80. The molecule has 32 heavy (non-hydrogen) atoms. The van der Waals surface area contributed by atoms with Crippen LogP contribution in [-0.2, 0) is 9.59 Å². The van der Waals surface area contributed by atoms with E-state index in [-0.39, 0.29) is 29.5 Å². The molecule has 0 rings (SSSR count). The third-order valence-electron chi connectivity index (χ3n) is 5.53. The average Bonchev–Trinajstić information content (AvgIpc) is 2.67. The molecule has 0 aliphatic carbocycles. The first-order valence-electron chi connectivity index (χ1n) is 12.2. The summed E-state index contributed by atoms with van der Waals surface area (Å²) in [6.45, 7) is 2.42. The summed E-state index contributed by atoms with van der Waals surface area (Å²) in [4.78, 5) is 23.8. The maximum absolute atomic E-state index is 12.3. The van der Waals surface area contributed by atoms with Gasteiger partial charge in [-0.2, -0.15) is 0 Å². The maximum Gasteiger partial charge on any atom is 0.316 e. The van der Waals surface area contributed by atoms with E-state index in [1.807, 2.05) is 21.1 Å². The molecule has 0 fully saturated rings. The lowest BCUT2D eigenvalue weighted by Gasteiger charge is -2.28. The minimum atomic E-state index is -1.34. The molecule has 0 radical (unpaired) electrons. The van der Waals surface area contributed by atoms with Crippen molar-refractivity contribution in [1.29, 1.82) is 0 Å². The Morgan fingerprint density at radius 3 is 2.12 bits per heavy atom. The third-order valence-corrected chi connectivity index (χ3v) is 6.66. The summed E-state index contributed by atoms with van der Waals surface area (Å²) in [5, 5.41) is 19.5. The molecule has 0 bridgehead atoms. The van der Waals surface area contributed by atoms with Crippen LogP contribution in [0.2, 0.25) is 0 Å². The van der Waals surface area contributed by atoms with Crippen molar-refractivity contribution >= 4 is 35.0 Å². The van der Waals surface area contributed by atoms with Gasteiger partial charge < -0.3 is 14.7 Å². The van der Waals surface area contributed by atoms with Crippen LogP contribution in [0.5, 0.6) is 0 Å². The third kappa shape index (κ3) is 16.1. The van der Waals surface area contributed by atoms with E-state index in [9.17, 15) is 19.8 Å². The van der Waals surface area contributed by atoms with Gasteiger partial charge in [0.05, 0.1) is 31.9 Å². The second-order valence-electron chi connectivity index (χ2n) is 9.86. The zero-order valence-corrected chi connectivity index (χ0v) is 22.1. The zero-order valence-electron chi connectivity index (χ0n) is 20.6. The topological polar surface area (TPSA) is 74.6 Å². The molecule has 0 unspecified atom stereocenters. The fourth-order valence-corrected chi connectivity index (χ4v) is 4.18. The Morgan fingerprint density at radius 2 is 1.53 bits per heavy atom. The zero-order chi connectivity index (χ0) is 24.6. The van der Waals surface area contributed by atoms with E-state index >= 15 is 0 Å². The van der Waals surface area contributed by atoms with Crippen LogP contribution in [0.4, 0.5) is 0 Å². The molecule has 188 valence electrons. The second-order valence-corrected chi connectivity index (χ2v) is 11.0. The van der Waals surface area contributed by atoms with Gasteiger partial charge >= 0.3 is 5.97 Å². The van der Waals surface area contributed by atoms with Gasteiger partial charge in [0.15, 0.2) is 0 Å². The van der Waals surface area contributed by atoms with Gasteiger partial charge in [0.25, 0.3) is 0 Å². The van der Waals surface area contributed by atoms with Crippen molar-refractivity contribution in [3.05, 3.63) is 12.2 Å². The SMILES string of the molecule is CCCCC/C=C\C[C@H](Cl)[C@H](Cl)CCCCCCCC(=O)[C@@H](C(=O)O)[C@H](O)C[N+](C)(C)C. The number of halogens is 2. The Balaban J connectivity index is 4.01. The highest BCUT2D eigenvalue weighted by molar-refractivity contribution is 6.30. The molecule has 0 aromatic carbocycles. The molecule has 0 aromatic heterocycles. The molecule has 5 nitrogen and oxygen atoms in total. The number of quaternary nitrogens is 1. The van der Waals surface area contributed by atoms with Crippen LogP contribution in [0.25, 0.3) is 0 Å². The van der Waals surface area contributed by atoms with Crippen molar-refractivity contribution in [2.75, 3.05) is 27.7 Å². The minimum absolute atomic E-state index is 0.0439. The van der Waals surface area contributed by atoms with Gasteiger partial charge in [-0.1, -0.05) is 57.6 Å². The summed E-state index contributed by atoms with van der Waals surface area (Å²) in [5.41, 5.74) is 0. The van der Waals surface area contributed by atoms with Crippen LogP contribution in [0.3, 0.4) is 0 Å². The quantitative estimate of drug-likeness (QED) is 0.0737. The number of rotatable bonds is 20. The summed E-state index contributed by atoms with van der Waals surface area (Å²) in [6.07, 6.45) is 14.3. The van der Waals surface area contributed by atoms with E-state index in [2.05, 4.69) is 19.1 Å². The Labute approximate surface area is 205 Å². The molecule has 0 aromatic rings. The number of aliphatic hydroxyl groups is 1. The predicted molar refractivity (Wildman–Crippen MR) is 135 cm³/mol. The Bertz CT molecular complexity index is 549. The maximum atomic E-state index is 12.3. The number of carboxylic acid groups (broad SMARTS) is 1. The van der Waals surface area contributed by atoms with Crippen molar-refractivity contribution in [1.82, 2.24) is 0 Å². The van der Waals surface area contributed by atoms with Crippen LogP contribution >= 0.6 is 23.2 Å². The van der Waals surface area contributed by atoms with E-state index in [1.165, 1.54) is 19.3 Å². The van der Waals surface area contributed by atoms with E-state index in [4.69, 9.17) is 23.2 Å². The number of ketones is 1. The Kier molecular flexibility index (Phi) is 17.5. The summed E-state index contributed by atoms with van der Waals surface area (Å²) >= 11 is 12.8. The van der Waals surface area contributed by atoms with Crippen molar-refractivity contribution in [3.8, 4) is 0 Å². The largest absolute Gasteiger partial charge is 0.481 e. The number of allylic oxidation sites excluding steroid dienone is 2. The highest BCUT2D eigenvalue weighted by atomic mass is 35.5. The normalized spacial score (nSPS) is 16.1. The smallest absolute Gasteiger partial charge is 0.316 e. The number of alkyl halides is 2. The van der Waals surface area contributed by atoms with Gasteiger partial charge in [-0.3, -0.25) is 9.59 Å². The molecule has 0 aliphatic heterocycles. The second kappa shape index (κ2) is 17.8. The lowest BCUT2D eigenvalue weighted by molar-refractivity contribution is -0.873. The van der Waals surface area contributed by atoms with Crippen LogP contribution in [0.15, 0.2) is 12.2 Å².